The van der Waals surface area contributed by atoms with E-state index in [2.05, 4.69) is 13.8 Å². The van der Waals surface area contributed by atoms with E-state index in [0.29, 0.717) is 54.1 Å². The predicted octanol–water partition coefficient (Wildman–Crippen LogP) is 5.36. The monoisotopic (exact) mass is 479 g/mol. The van der Waals surface area contributed by atoms with Crippen LogP contribution in [-0.4, -0.2) is 46.3 Å². The van der Waals surface area contributed by atoms with Gasteiger partial charge in [-0.1, -0.05) is 44.0 Å². The van der Waals surface area contributed by atoms with Crippen LogP contribution in [0.15, 0.2) is 18.2 Å². The highest BCUT2D eigenvalue weighted by Gasteiger charge is 2.33. The van der Waals surface area contributed by atoms with E-state index >= 15 is 0 Å². The van der Waals surface area contributed by atoms with Crippen LogP contribution in [0.5, 0.6) is 0 Å². The number of carbonyl (C=O) groups is 2. The molecule has 2 aromatic rings. The van der Waals surface area contributed by atoms with Crippen molar-refractivity contribution in [3.05, 3.63) is 45.2 Å². The molecule has 174 valence electrons. The molecule has 32 heavy (non-hydrogen) atoms. The number of piperidine rings is 1. The Bertz CT molecular complexity index is 987. The number of hydrogen-bond acceptors (Lipinski definition) is 4. The van der Waals surface area contributed by atoms with Crippen LogP contribution in [0.1, 0.15) is 62.3 Å². The van der Waals surface area contributed by atoms with E-state index in [-0.39, 0.29) is 17.8 Å². The van der Waals surface area contributed by atoms with E-state index in [4.69, 9.17) is 33.0 Å². The average molecular weight is 480 g/mol. The Labute approximate surface area is 199 Å². The summed E-state index contributed by atoms with van der Waals surface area (Å²) in [6.45, 7) is 9.37. The molecule has 0 aliphatic carbocycles. The number of nitrogens with zero attached hydrogens (tertiary/aromatic N) is 3. The summed E-state index contributed by atoms with van der Waals surface area (Å²) in [7, 11) is 0. The maximum absolute atomic E-state index is 13.7. The van der Waals surface area contributed by atoms with Crippen molar-refractivity contribution in [1.29, 1.82) is 0 Å². The lowest BCUT2D eigenvalue weighted by Crippen LogP contribution is -2.43. The van der Waals surface area contributed by atoms with Crippen molar-refractivity contribution in [1.82, 2.24) is 14.7 Å². The standard InChI is InChI=1S/C24H31Cl2N3O3/c1-5-21-22(23(30)28-11-7-8-16(14-28)24(31)32-6-2)20(12-15(3)4)27-29(21)17-9-10-18(25)19(26)13-17/h9-10,13,15-16H,5-8,11-12,14H2,1-4H3. The third kappa shape index (κ3) is 5.29. The Hall–Kier alpha value is -2.05. The molecule has 1 unspecified atom stereocenters. The van der Waals surface area contributed by atoms with Crippen LogP contribution in [0.4, 0.5) is 0 Å². The van der Waals surface area contributed by atoms with Crippen LogP contribution in [0.3, 0.4) is 0 Å². The van der Waals surface area contributed by atoms with E-state index in [9.17, 15) is 9.59 Å². The SMILES string of the molecule is CCOC(=O)C1CCCN(C(=O)c2c(CC(C)C)nn(-c3ccc(Cl)c(Cl)c3)c2CC)C1. The number of hydrogen-bond donors (Lipinski definition) is 0. The van der Waals surface area contributed by atoms with Crippen LogP contribution in [0.2, 0.25) is 10.0 Å². The Balaban J connectivity index is 2.01. The molecule has 2 heterocycles. The van der Waals surface area contributed by atoms with Crippen molar-refractivity contribution < 1.29 is 14.3 Å². The minimum Gasteiger partial charge on any atom is -0.466 e. The zero-order valence-electron chi connectivity index (χ0n) is 19.2. The molecule has 1 amide bonds. The fourth-order valence-electron chi connectivity index (χ4n) is 4.21. The molecule has 0 radical (unpaired) electrons. The summed E-state index contributed by atoms with van der Waals surface area (Å²) in [4.78, 5) is 27.8. The minimum absolute atomic E-state index is 0.0715. The second kappa shape index (κ2) is 10.7. The molecule has 1 saturated heterocycles. The largest absolute Gasteiger partial charge is 0.466 e. The van der Waals surface area contributed by atoms with Gasteiger partial charge in [0.15, 0.2) is 0 Å². The zero-order valence-corrected chi connectivity index (χ0v) is 20.7. The molecule has 6 nitrogen and oxygen atoms in total. The van der Waals surface area contributed by atoms with Gasteiger partial charge in [0.1, 0.15) is 0 Å². The van der Waals surface area contributed by atoms with E-state index in [0.717, 1.165) is 29.9 Å². The first kappa shape index (κ1) is 24.6. The number of carbonyl (C=O) groups excluding carboxylic acids is 2. The molecule has 0 N–H and O–H groups in total. The number of ether oxygens (including phenoxy) is 1. The molecule has 8 heteroatoms. The van der Waals surface area contributed by atoms with Crippen LogP contribution in [0.25, 0.3) is 5.69 Å². The summed E-state index contributed by atoms with van der Waals surface area (Å²) in [5.74, 6) is -0.249. The van der Waals surface area contributed by atoms with Gasteiger partial charge in [-0.2, -0.15) is 5.10 Å². The normalized spacial score (nSPS) is 16.5. The van der Waals surface area contributed by atoms with Gasteiger partial charge in [0.05, 0.1) is 45.2 Å². The van der Waals surface area contributed by atoms with Crippen molar-refractivity contribution in [3.8, 4) is 5.69 Å². The molecular weight excluding hydrogens is 449 g/mol. The average Bonchev–Trinajstić information content (AvgIpc) is 3.12. The van der Waals surface area contributed by atoms with Crippen LogP contribution >= 0.6 is 23.2 Å². The van der Waals surface area contributed by atoms with Gasteiger partial charge in [-0.15, -0.1) is 0 Å². The van der Waals surface area contributed by atoms with Crippen molar-refractivity contribution in [2.24, 2.45) is 11.8 Å². The Morgan fingerprint density at radius 2 is 1.97 bits per heavy atom. The number of benzene rings is 1. The van der Waals surface area contributed by atoms with Gasteiger partial charge in [-0.3, -0.25) is 9.59 Å². The van der Waals surface area contributed by atoms with E-state index in [1.54, 1.807) is 28.6 Å². The van der Waals surface area contributed by atoms with Crippen molar-refractivity contribution in [3.63, 3.8) is 0 Å². The highest BCUT2D eigenvalue weighted by atomic mass is 35.5. The number of rotatable bonds is 7. The molecule has 1 aromatic carbocycles. The van der Waals surface area contributed by atoms with Crippen molar-refractivity contribution in [2.45, 2.75) is 53.4 Å². The van der Waals surface area contributed by atoms with Crippen LogP contribution < -0.4 is 0 Å². The van der Waals surface area contributed by atoms with Crippen molar-refractivity contribution in [2.75, 3.05) is 19.7 Å². The Morgan fingerprint density at radius 1 is 1.22 bits per heavy atom. The molecule has 1 fully saturated rings. The van der Waals surface area contributed by atoms with Crippen LogP contribution in [0, 0.1) is 11.8 Å². The fourth-order valence-corrected chi connectivity index (χ4v) is 4.50. The summed E-state index contributed by atoms with van der Waals surface area (Å²) in [6, 6.07) is 5.35. The number of esters is 1. The topological polar surface area (TPSA) is 64.4 Å². The quantitative estimate of drug-likeness (QED) is 0.501. The van der Waals surface area contributed by atoms with Gasteiger partial charge < -0.3 is 9.64 Å². The highest BCUT2D eigenvalue weighted by Crippen LogP contribution is 2.29. The molecular formula is C24H31Cl2N3O3. The number of amides is 1. The Kier molecular flexibility index (Phi) is 8.23. The van der Waals surface area contributed by atoms with Gasteiger partial charge in [-0.25, -0.2) is 4.68 Å². The smallest absolute Gasteiger partial charge is 0.310 e. The molecule has 1 aromatic heterocycles. The molecule has 0 bridgehead atoms. The highest BCUT2D eigenvalue weighted by molar-refractivity contribution is 6.42. The lowest BCUT2D eigenvalue weighted by atomic mass is 9.96. The number of aromatic nitrogens is 2. The zero-order chi connectivity index (χ0) is 23.4. The van der Waals surface area contributed by atoms with Gasteiger partial charge >= 0.3 is 5.97 Å². The maximum atomic E-state index is 13.7. The molecule has 0 spiro atoms. The molecule has 1 atom stereocenters. The lowest BCUT2D eigenvalue weighted by molar-refractivity contribution is -0.149. The van der Waals surface area contributed by atoms with Crippen molar-refractivity contribution >= 4 is 35.1 Å². The summed E-state index contributed by atoms with van der Waals surface area (Å²) in [5, 5.41) is 5.75. The van der Waals surface area contributed by atoms with Gasteiger partial charge in [0.2, 0.25) is 0 Å². The second-order valence-corrected chi connectivity index (χ2v) is 9.39. The summed E-state index contributed by atoms with van der Waals surface area (Å²) in [6.07, 6.45) is 2.82. The summed E-state index contributed by atoms with van der Waals surface area (Å²) < 4.78 is 7.01. The first-order valence-electron chi connectivity index (χ1n) is 11.3. The van der Waals surface area contributed by atoms with Gasteiger partial charge in [0, 0.05) is 13.1 Å². The first-order valence-corrected chi connectivity index (χ1v) is 12.0. The fraction of sp³-hybridized carbons (Fsp3) is 0.542. The van der Waals surface area contributed by atoms with Crippen LogP contribution in [-0.2, 0) is 22.4 Å². The first-order chi connectivity index (χ1) is 15.3. The third-order valence-corrected chi connectivity index (χ3v) is 6.42. The van der Waals surface area contributed by atoms with E-state index in [1.807, 2.05) is 13.0 Å². The number of halogens is 2. The van der Waals surface area contributed by atoms with Gasteiger partial charge in [0.25, 0.3) is 5.91 Å². The van der Waals surface area contributed by atoms with Gasteiger partial charge in [-0.05, 0) is 56.7 Å². The molecule has 1 aliphatic heterocycles. The molecule has 1 aliphatic rings. The maximum Gasteiger partial charge on any atom is 0.310 e. The second-order valence-electron chi connectivity index (χ2n) is 8.57. The third-order valence-electron chi connectivity index (χ3n) is 5.68. The minimum atomic E-state index is -0.281. The van der Waals surface area contributed by atoms with E-state index < -0.39 is 0 Å². The lowest BCUT2D eigenvalue weighted by Gasteiger charge is -2.31. The molecule has 0 saturated carbocycles. The number of likely N-dealkylation sites (tertiary alicyclic amines) is 1. The summed E-state index contributed by atoms with van der Waals surface area (Å²) >= 11 is 12.4. The predicted molar refractivity (Wildman–Crippen MR) is 127 cm³/mol. The van der Waals surface area contributed by atoms with E-state index in [1.165, 1.54) is 0 Å². The summed E-state index contributed by atoms with van der Waals surface area (Å²) in [5.41, 5.74) is 3.01. The Morgan fingerprint density at radius 3 is 2.59 bits per heavy atom. The molecule has 3 rings (SSSR count).